The molecule has 0 spiro atoms. The van der Waals surface area contributed by atoms with Gasteiger partial charge in [0.1, 0.15) is 0 Å². The number of rotatable bonds is 7. The second kappa shape index (κ2) is 7.48. The average Bonchev–Trinajstić information content (AvgIpc) is 2.38. The van der Waals surface area contributed by atoms with Crippen LogP contribution in [0.15, 0.2) is 18.5 Å². The third-order valence-corrected chi connectivity index (χ3v) is 3.15. The van der Waals surface area contributed by atoms with Gasteiger partial charge < -0.3 is 5.32 Å². The minimum atomic E-state index is -4.29. The lowest BCUT2D eigenvalue weighted by atomic mass is 10.0. The first-order valence-corrected chi connectivity index (χ1v) is 6.72. The maximum absolute atomic E-state index is 12.8. The summed E-state index contributed by atoms with van der Waals surface area (Å²) in [5.41, 5.74) is -0.278. The molecule has 0 saturated carbocycles. The molecule has 5 heteroatoms. The molecule has 0 fully saturated rings. The molecule has 0 aliphatic heterocycles. The van der Waals surface area contributed by atoms with E-state index < -0.39 is 11.7 Å². The first kappa shape index (κ1) is 16.0. The third-order valence-electron chi connectivity index (χ3n) is 3.15. The van der Waals surface area contributed by atoms with Gasteiger partial charge >= 0.3 is 6.18 Å². The van der Waals surface area contributed by atoms with Crippen molar-refractivity contribution in [2.24, 2.45) is 0 Å². The van der Waals surface area contributed by atoms with Crippen molar-refractivity contribution in [3.63, 3.8) is 0 Å². The molecule has 19 heavy (non-hydrogen) atoms. The number of alkyl halides is 3. The van der Waals surface area contributed by atoms with Crippen LogP contribution in [-0.4, -0.2) is 17.6 Å². The Bertz CT molecular complexity index is 377. The molecule has 0 bridgehead atoms. The Labute approximate surface area is 112 Å². The summed E-state index contributed by atoms with van der Waals surface area (Å²) in [5.74, 6) is 0. The molecule has 0 amide bonds. The predicted octanol–water partition coefficient (Wildman–Crippen LogP) is 3.81. The van der Waals surface area contributed by atoms with Crippen LogP contribution in [0.4, 0.5) is 13.2 Å². The molecule has 0 aliphatic rings. The van der Waals surface area contributed by atoms with Gasteiger partial charge in [-0.2, -0.15) is 13.2 Å². The average molecular weight is 274 g/mol. The molecule has 0 saturated heterocycles. The fourth-order valence-electron chi connectivity index (χ4n) is 2.03. The highest BCUT2D eigenvalue weighted by molar-refractivity contribution is 5.26. The Morgan fingerprint density at radius 1 is 1.32 bits per heavy atom. The van der Waals surface area contributed by atoms with E-state index in [9.17, 15) is 13.2 Å². The van der Waals surface area contributed by atoms with Crippen LogP contribution in [0.3, 0.4) is 0 Å². The summed E-state index contributed by atoms with van der Waals surface area (Å²) in [6.45, 7) is 5.02. The van der Waals surface area contributed by atoms with Crippen molar-refractivity contribution in [1.29, 1.82) is 0 Å². The van der Waals surface area contributed by atoms with Gasteiger partial charge in [-0.05, 0) is 43.9 Å². The van der Waals surface area contributed by atoms with Gasteiger partial charge in [0.15, 0.2) is 0 Å². The zero-order valence-electron chi connectivity index (χ0n) is 11.4. The molecule has 1 aromatic rings. The fourth-order valence-corrected chi connectivity index (χ4v) is 2.03. The first-order chi connectivity index (χ1) is 8.99. The summed E-state index contributed by atoms with van der Waals surface area (Å²) in [4.78, 5) is 3.80. The van der Waals surface area contributed by atoms with Crippen LogP contribution in [0.1, 0.15) is 44.2 Å². The molecular formula is C14H21F3N2. The molecule has 0 aromatic carbocycles. The van der Waals surface area contributed by atoms with Crippen LogP contribution in [-0.2, 0) is 12.6 Å². The maximum Gasteiger partial charge on any atom is 0.416 e. The van der Waals surface area contributed by atoms with Gasteiger partial charge in [0.05, 0.1) is 5.56 Å². The van der Waals surface area contributed by atoms with Gasteiger partial charge in [-0.25, -0.2) is 0 Å². The zero-order chi connectivity index (χ0) is 14.3. The number of hydrogen-bond acceptors (Lipinski definition) is 2. The highest BCUT2D eigenvalue weighted by Crippen LogP contribution is 2.32. The minimum Gasteiger partial charge on any atom is -0.314 e. The Balaban J connectivity index is 2.66. The van der Waals surface area contributed by atoms with Crippen molar-refractivity contribution in [2.45, 2.75) is 51.7 Å². The van der Waals surface area contributed by atoms with Gasteiger partial charge in [-0.3, -0.25) is 4.98 Å². The number of aromatic nitrogens is 1. The van der Waals surface area contributed by atoms with Crippen LogP contribution in [0.2, 0.25) is 0 Å². The predicted molar refractivity (Wildman–Crippen MR) is 69.9 cm³/mol. The number of pyridine rings is 1. The van der Waals surface area contributed by atoms with Crippen molar-refractivity contribution < 1.29 is 13.2 Å². The molecule has 1 atom stereocenters. The summed E-state index contributed by atoms with van der Waals surface area (Å²) in [6.07, 6.45) is 1.27. The Morgan fingerprint density at radius 3 is 2.63 bits per heavy atom. The summed E-state index contributed by atoms with van der Waals surface area (Å²) in [7, 11) is 0. The maximum atomic E-state index is 12.8. The Hall–Kier alpha value is -1.10. The van der Waals surface area contributed by atoms with Crippen molar-refractivity contribution in [2.75, 3.05) is 6.54 Å². The topological polar surface area (TPSA) is 24.9 Å². The van der Waals surface area contributed by atoms with E-state index >= 15 is 0 Å². The normalized spacial score (nSPS) is 13.5. The molecule has 1 rings (SSSR count). The number of nitrogens with zero attached hydrogens (tertiary/aromatic N) is 1. The Kier molecular flexibility index (Phi) is 6.28. The molecule has 0 radical (unpaired) electrons. The molecule has 1 unspecified atom stereocenters. The van der Waals surface area contributed by atoms with E-state index in [-0.39, 0.29) is 11.6 Å². The second-order valence-electron chi connectivity index (χ2n) is 4.63. The molecule has 1 heterocycles. The second-order valence-corrected chi connectivity index (χ2v) is 4.63. The van der Waals surface area contributed by atoms with Crippen molar-refractivity contribution >= 4 is 0 Å². The van der Waals surface area contributed by atoms with E-state index in [1.54, 1.807) is 0 Å². The summed E-state index contributed by atoms with van der Waals surface area (Å²) in [6, 6.07) is 1.32. The zero-order valence-corrected chi connectivity index (χ0v) is 11.4. The standard InChI is InChI=1S/C14H21F3N2/c1-3-8-19-12(4-2)6-5-11-10-18-9-7-13(11)14(15,16)17/h7,9-10,12,19H,3-6,8H2,1-2H3. The molecule has 1 N–H and O–H groups in total. The van der Waals surface area contributed by atoms with E-state index in [0.717, 1.165) is 25.5 Å². The third kappa shape index (κ3) is 5.19. The lowest BCUT2D eigenvalue weighted by Gasteiger charge is -2.18. The molecular weight excluding hydrogens is 253 g/mol. The minimum absolute atomic E-state index is 0.265. The Morgan fingerprint density at radius 2 is 2.05 bits per heavy atom. The fraction of sp³-hybridized carbons (Fsp3) is 0.643. The van der Waals surface area contributed by atoms with Gasteiger partial charge in [0.2, 0.25) is 0 Å². The summed E-state index contributed by atoms with van der Waals surface area (Å²) in [5, 5.41) is 3.35. The summed E-state index contributed by atoms with van der Waals surface area (Å²) < 4.78 is 38.4. The lowest BCUT2D eigenvalue weighted by Crippen LogP contribution is -2.29. The van der Waals surface area contributed by atoms with Crippen molar-refractivity contribution in [3.8, 4) is 0 Å². The molecule has 1 aromatic heterocycles. The van der Waals surface area contributed by atoms with E-state index in [1.807, 2.05) is 6.92 Å². The quantitative estimate of drug-likeness (QED) is 0.817. The summed E-state index contributed by atoms with van der Waals surface area (Å²) >= 11 is 0. The van der Waals surface area contributed by atoms with Crippen LogP contribution in [0, 0.1) is 0 Å². The van der Waals surface area contributed by atoms with Crippen LogP contribution in [0.25, 0.3) is 0 Å². The van der Waals surface area contributed by atoms with Crippen LogP contribution < -0.4 is 5.32 Å². The number of halogens is 3. The van der Waals surface area contributed by atoms with Crippen LogP contribution >= 0.6 is 0 Å². The van der Waals surface area contributed by atoms with Gasteiger partial charge in [0, 0.05) is 18.4 Å². The van der Waals surface area contributed by atoms with Gasteiger partial charge in [-0.15, -0.1) is 0 Å². The molecule has 2 nitrogen and oxygen atoms in total. The molecule has 0 aliphatic carbocycles. The van der Waals surface area contributed by atoms with Crippen LogP contribution in [0.5, 0.6) is 0 Å². The smallest absolute Gasteiger partial charge is 0.314 e. The van der Waals surface area contributed by atoms with E-state index in [0.29, 0.717) is 12.8 Å². The van der Waals surface area contributed by atoms with E-state index in [4.69, 9.17) is 0 Å². The van der Waals surface area contributed by atoms with Gasteiger partial charge in [-0.1, -0.05) is 13.8 Å². The number of aryl methyl sites for hydroxylation is 1. The van der Waals surface area contributed by atoms with Crippen molar-refractivity contribution in [3.05, 3.63) is 29.6 Å². The first-order valence-electron chi connectivity index (χ1n) is 6.72. The highest BCUT2D eigenvalue weighted by Gasteiger charge is 2.33. The van der Waals surface area contributed by atoms with Crippen molar-refractivity contribution in [1.82, 2.24) is 10.3 Å². The monoisotopic (exact) mass is 274 g/mol. The van der Waals surface area contributed by atoms with Gasteiger partial charge in [0.25, 0.3) is 0 Å². The molecule has 108 valence electrons. The number of nitrogens with one attached hydrogen (secondary N) is 1. The lowest BCUT2D eigenvalue weighted by molar-refractivity contribution is -0.138. The van der Waals surface area contributed by atoms with E-state index in [1.165, 1.54) is 12.4 Å². The SMILES string of the molecule is CCCNC(CC)CCc1cnccc1C(F)(F)F. The largest absolute Gasteiger partial charge is 0.416 e. The number of hydrogen-bond donors (Lipinski definition) is 1. The highest BCUT2D eigenvalue weighted by atomic mass is 19.4. The van der Waals surface area contributed by atoms with E-state index in [2.05, 4.69) is 17.2 Å².